The highest BCUT2D eigenvalue weighted by molar-refractivity contribution is 7.92. The van der Waals surface area contributed by atoms with Crippen LogP contribution in [0.1, 0.15) is 44.2 Å². The quantitative estimate of drug-likeness (QED) is 0.348. The van der Waals surface area contributed by atoms with Gasteiger partial charge in [-0.05, 0) is 55.2 Å². The highest BCUT2D eigenvalue weighted by Crippen LogP contribution is 2.31. The van der Waals surface area contributed by atoms with E-state index in [-0.39, 0.29) is 18.1 Å². The number of anilines is 1. The number of ether oxygens (including phenoxy) is 1. The van der Waals surface area contributed by atoms with E-state index in [1.807, 2.05) is 13.8 Å². The molecule has 0 bridgehead atoms. The molecule has 11 heteroatoms. The third kappa shape index (κ3) is 8.51. The Bertz CT molecular complexity index is 1210. The molecule has 0 saturated carbocycles. The molecule has 0 aliphatic rings. The van der Waals surface area contributed by atoms with E-state index in [0.29, 0.717) is 34.3 Å². The molecule has 1 unspecified atom stereocenters. The lowest BCUT2D eigenvalue weighted by Gasteiger charge is -2.33. The summed E-state index contributed by atoms with van der Waals surface area (Å²) in [7, 11) is -2.46. The number of benzene rings is 2. The van der Waals surface area contributed by atoms with E-state index in [2.05, 4.69) is 5.32 Å². The van der Waals surface area contributed by atoms with Crippen molar-refractivity contribution in [3.63, 3.8) is 0 Å². The standard InChI is InChI=1S/C26H35Cl2N3O5S/c1-6-8-13-29-26(33)22(7-2)30(16-19-10-11-20(27)15-21(19)28)25(32)17-31(37(5,34)35)23-14-18(3)9-12-24(23)36-4/h9-12,14-15,22H,6-8,13,16-17H2,1-5H3,(H,29,33). The van der Waals surface area contributed by atoms with Gasteiger partial charge in [-0.2, -0.15) is 0 Å². The molecule has 8 nitrogen and oxygen atoms in total. The molecule has 0 saturated heterocycles. The fourth-order valence-corrected chi connectivity index (χ4v) is 5.16. The largest absolute Gasteiger partial charge is 0.495 e. The Hall–Kier alpha value is -2.49. The summed E-state index contributed by atoms with van der Waals surface area (Å²) in [6.45, 7) is 5.58. The molecule has 37 heavy (non-hydrogen) atoms. The van der Waals surface area contributed by atoms with Gasteiger partial charge in [-0.25, -0.2) is 8.42 Å². The van der Waals surface area contributed by atoms with Crippen LogP contribution in [0.4, 0.5) is 5.69 Å². The number of hydrogen-bond donors (Lipinski definition) is 1. The van der Waals surface area contributed by atoms with Crippen LogP contribution in [-0.2, 0) is 26.2 Å². The lowest BCUT2D eigenvalue weighted by Crippen LogP contribution is -2.52. The molecule has 1 atom stereocenters. The van der Waals surface area contributed by atoms with Crippen LogP contribution in [0.25, 0.3) is 0 Å². The number of nitrogens with one attached hydrogen (secondary N) is 1. The predicted octanol–water partition coefficient (Wildman–Crippen LogP) is 4.80. The summed E-state index contributed by atoms with van der Waals surface area (Å²) in [5, 5.41) is 3.66. The van der Waals surface area contributed by atoms with E-state index in [4.69, 9.17) is 27.9 Å². The molecule has 2 aromatic carbocycles. The number of halogens is 2. The zero-order valence-electron chi connectivity index (χ0n) is 21.9. The lowest BCUT2D eigenvalue weighted by molar-refractivity contribution is -0.140. The van der Waals surface area contributed by atoms with Crippen LogP contribution in [-0.4, -0.2) is 57.6 Å². The molecule has 2 aromatic rings. The van der Waals surface area contributed by atoms with Gasteiger partial charge in [0.25, 0.3) is 0 Å². The van der Waals surface area contributed by atoms with Gasteiger partial charge in [0.05, 0.1) is 19.1 Å². The van der Waals surface area contributed by atoms with Gasteiger partial charge in [0.2, 0.25) is 21.8 Å². The molecule has 0 radical (unpaired) electrons. The van der Waals surface area contributed by atoms with Crippen molar-refractivity contribution >= 4 is 50.7 Å². The summed E-state index contributed by atoms with van der Waals surface area (Å²) >= 11 is 12.4. The molecule has 0 fully saturated rings. The Morgan fingerprint density at radius 1 is 1.11 bits per heavy atom. The van der Waals surface area contributed by atoms with Gasteiger partial charge in [0.15, 0.2) is 0 Å². The zero-order valence-corrected chi connectivity index (χ0v) is 24.2. The fourth-order valence-electron chi connectivity index (χ4n) is 3.85. The highest BCUT2D eigenvalue weighted by atomic mass is 35.5. The molecule has 1 N–H and O–H groups in total. The first-order chi connectivity index (χ1) is 17.4. The van der Waals surface area contributed by atoms with Gasteiger partial charge >= 0.3 is 0 Å². The normalized spacial score (nSPS) is 12.1. The van der Waals surface area contributed by atoms with Crippen molar-refractivity contribution in [1.82, 2.24) is 10.2 Å². The van der Waals surface area contributed by atoms with Crippen molar-refractivity contribution < 1.29 is 22.7 Å². The van der Waals surface area contributed by atoms with Crippen molar-refractivity contribution in [2.24, 2.45) is 0 Å². The fraction of sp³-hybridized carbons (Fsp3) is 0.462. The first-order valence-electron chi connectivity index (χ1n) is 12.1. The first kappa shape index (κ1) is 30.7. The minimum atomic E-state index is -3.89. The number of rotatable bonds is 13. The van der Waals surface area contributed by atoms with Crippen molar-refractivity contribution in [2.75, 3.05) is 30.8 Å². The number of carbonyl (C=O) groups is 2. The Morgan fingerprint density at radius 3 is 2.38 bits per heavy atom. The van der Waals surface area contributed by atoms with E-state index in [9.17, 15) is 18.0 Å². The topological polar surface area (TPSA) is 96.0 Å². The van der Waals surface area contributed by atoms with E-state index in [1.165, 1.54) is 12.0 Å². The minimum Gasteiger partial charge on any atom is -0.495 e. The van der Waals surface area contributed by atoms with Gasteiger partial charge in [-0.1, -0.05) is 55.6 Å². The SMILES string of the molecule is CCCCNC(=O)C(CC)N(Cc1ccc(Cl)cc1Cl)C(=O)CN(c1cc(C)ccc1OC)S(C)(=O)=O. The second-order valence-electron chi connectivity index (χ2n) is 8.77. The van der Waals surface area contributed by atoms with Crippen LogP contribution in [0, 0.1) is 6.92 Å². The molecule has 0 spiro atoms. The Labute approximate surface area is 229 Å². The summed E-state index contributed by atoms with van der Waals surface area (Å²) in [5.41, 5.74) is 1.62. The average Bonchev–Trinajstić information content (AvgIpc) is 2.83. The predicted molar refractivity (Wildman–Crippen MR) is 149 cm³/mol. The van der Waals surface area contributed by atoms with Crippen LogP contribution in [0.2, 0.25) is 10.0 Å². The summed E-state index contributed by atoms with van der Waals surface area (Å²) in [6.07, 6.45) is 3.05. The van der Waals surface area contributed by atoms with Crippen molar-refractivity contribution in [3.8, 4) is 5.75 Å². The van der Waals surface area contributed by atoms with Crippen molar-refractivity contribution in [3.05, 3.63) is 57.6 Å². The smallest absolute Gasteiger partial charge is 0.244 e. The first-order valence-corrected chi connectivity index (χ1v) is 14.7. The molecule has 2 amide bonds. The van der Waals surface area contributed by atoms with Gasteiger partial charge in [0.1, 0.15) is 18.3 Å². The van der Waals surface area contributed by atoms with Crippen LogP contribution in [0.3, 0.4) is 0 Å². The van der Waals surface area contributed by atoms with Crippen LogP contribution < -0.4 is 14.4 Å². The summed E-state index contributed by atoms with van der Waals surface area (Å²) in [6, 6.07) is 9.13. The molecular weight excluding hydrogens is 537 g/mol. The maximum atomic E-state index is 13.8. The molecule has 0 aliphatic heterocycles. The van der Waals surface area contributed by atoms with E-state index < -0.39 is 28.5 Å². The third-order valence-corrected chi connectivity index (χ3v) is 7.57. The molecular formula is C26H35Cl2N3O5S. The van der Waals surface area contributed by atoms with E-state index in [0.717, 1.165) is 29.0 Å². The number of sulfonamides is 1. The monoisotopic (exact) mass is 571 g/mol. The van der Waals surface area contributed by atoms with Crippen LogP contribution in [0.5, 0.6) is 5.75 Å². The molecule has 0 aliphatic carbocycles. The number of hydrogen-bond acceptors (Lipinski definition) is 5. The summed E-state index contributed by atoms with van der Waals surface area (Å²) < 4.78 is 32.1. The second kappa shape index (κ2) is 13.9. The van der Waals surface area contributed by atoms with Crippen LogP contribution in [0.15, 0.2) is 36.4 Å². The minimum absolute atomic E-state index is 0.00288. The molecule has 2 rings (SSSR count). The molecule has 0 aromatic heterocycles. The van der Waals surface area contributed by atoms with Crippen molar-refractivity contribution in [1.29, 1.82) is 0 Å². The molecule has 0 heterocycles. The van der Waals surface area contributed by atoms with Crippen LogP contribution >= 0.6 is 23.2 Å². The van der Waals surface area contributed by atoms with Gasteiger partial charge in [-0.3, -0.25) is 13.9 Å². The third-order valence-electron chi connectivity index (χ3n) is 5.85. The van der Waals surface area contributed by atoms with Gasteiger partial charge in [-0.15, -0.1) is 0 Å². The Kier molecular flexibility index (Phi) is 11.5. The molecule has 204 valence electrons. The van der Waals surface area contributed by atoms with Gasteiger partial charge < -0.3 is 15.0 Å². The number of carbonyl (C=O) groups excluding carboxylic acids is 2. The Morgan fingerprint density at radius 2 is 1.81 bits per heavy atom. The maximum Gasteiger partial charge on any atom is 0.244 e. The van der Waals surface area contributed by atoms with E-state index in [1.54, 1.807) is 43.3 Å². The second-order valence-corrected chi connectivity index (χ2v) is 11.5. The Balaban J connectivity index is 2.51. The van der Waals surface area contributed by atoms with Crippen molar-refractivity contribution in [2.45, 2.75) is 52.6 Å². The highest BCUT2D eigenvalue weighted by Gasteiger charge is 2.33. The summed E-state index contributed by atoms with van der Waals surface area (Å²) in [4.78, 5) is 28.3. The number of amides is 2. The van der Waals surface area contributed by atoms with E-state index >= 15 is 0 Å². The maximum absolute atomic E-state index is 13.8. The van der Waals surface area contributed by atoms with Gasteiger partial charge in [0, 0.05) is 23.1 Å². The number of unbranched alkanes of at least 4 members (excludes halogenated alkanes) is 1. The number of nitrogens with zero attached hydrogens (tertiary/aromatic N) is 2. The zero-order chi connectivity index (χ0) is 27.8. The lowest BCUT2D eigenvalue weighted by atomic mass is 10.1. The number of methoxy groups -OCH3 is 1. The summed E-state index contributed by atoms with van der Waals surface area (Å²) in [5.74, 6) is -0.564. The number of aryl methyl sites for hydroxylation is 1. The average molecular weight is 573 g/mol.